The van der Waals surface area contributed by atoms with Crippen LogP contribution in [0.2, 0.25) is 0 Å². The van der Waals surface area contributed by atoms with Crippen molar-refractivity contribution in [1.82, 2.24) is 5.32 Å². The maximum absolute atomic E-state index is 15.5. The van der Waals surface area contributed by atoms with Gasteiger partial charge in [-0.1, -0.05) is 24.2 Å². The molecule has 0 aromatic carbocycles. The van der Waals surface area contributed by atoms with Crippen LogP contribution in [0.15, 0.2) is 17.3 Å². The lowest BCUT2D eigenvalue weighted by molar-refractivity contribution is -0.165. The third-order valence-electron chi connectivity index (χ3n) is 9.32. The molecule has 1 aliphatic heterocycles. The highest BCUT2D eigenvalue weighted by Crippen LogP contribution is 2.65. The van der Waals surface area contributed by atoms with Crippen molar-refractivity contribution in [1.29, 1.82) is 0 Å². The molecule has 30 heavy (non-hydrogen) atoms. The molecule has 164 valence electrons. The van der Waals surface area contributed by atoms with Crippen LogP contribution in [-0.2, 0) is 14.4 Å². The van der Waals surface area contributed by atoms with Crippen LogP contribution in [0.25, 0.3) is 0 Å². The third-order valence-corrected chi connectivity index (χ3v) is 9.32. The number of nitrogens with zero attached hydrogens (tertiary/aromatic N) is 1. The smallest absolute Gasteiger partial charge is 0.171 e. The Kier molecular flexibility index (Phi) is 4.73. The largest absolute Gasteiger partial charge is 0.391 e. The van der Waals surface area contributed by atoms with E-state index in [1.165, 1.54) is 0 Å². The highest BCUT2D eigenvalue weighted by atomic mass is 19.1. The number of Topliss-reactive ketones (excluding diaryl/α,β-unsaturated/α-hetero) is 2. The van der Waals surface area contributed by atoms with E-state index in [0.29, 0.717) is 12.8 Å². The van der Waals surface area contributed by atoms with Crippen LogP contribution in [0.4, 0.5) is 4.39 Å². The summed E-state index contributed by atoms with van der Waals surface area (Å²) in [6.07, 6.45) is 3.56. The number of oxime groups is 1. The van der Waals surface area contributed by atoms with Crippen molar-refractivity contribution in [2.45, 2.75) is 71.1 Å². The van der Waals surface area contributed by atoms with Gasteiger partial charge in [0.2, 0.25) is 0 Å². The molecule has 5 rings (SSSR count). The van der Waals surface area contributed by atoms with Gasteiger partial charge in [-0.15, -0.1) is 0 Å². The van der Waals surface area contributed by atoms with Gasteiger partial charge in [0.05, 0.1) is 11.1 Å². The second kappa shape index (κ2) is 6.98. The summed E-state index contributed by atoms with van der Waals surface area (Å²) in [6.45, 7) is 10.1. The molecule has 1 heterocycles. The average molecular weight is 417 g/mol. The summed E-state index contributed by atoms with van der Waals surface area (Å²) in [5.41, 5.74) is 0.722. The molecular formula is C24H33FN2O3. The predicted molar refractivity (Wildman–Crippen MR) is 112 cm³/mol. The Bertz CT molecular complexity index is 819. The van der Waals surface area contributed by atoms with Crippen LogP contribution in [-0.4, -0.2) is 42.6 Å². The quantitative estimate of drug-likeness (QED) is 0.551. The predicted octanol–water partition coefficient (Wildman–Crippen LogP) is 3.63. The molecule has 8 atom stereocenters. The van der Waals surface area contributed by atoms with Gasteiger partial charge in [0, 0.05) is 25.3 Å². The fourth-order valence-electron chi connectivity index (χ4n) is 7.56. The first kappa shape index (κ1) is 20.3. The number of hydrogen-bond acceptors (Lipinski definition) is 5. The van der Waals surface area contributed by atoms with Gasteiger partial charge in [-0.3, -0.25) is 9.59 Å². The monoisotopic (exact) mass is 416 g/mol. The van der Waals surface area contributed by atoms with Crippen LogP contribution < -0.4 is 5.32 Å². The van der Waals surface area contributed by atoms with E-state index in [0.717, 1.165) is 56.5 Å². The Morgan fingerprint density at radius 2 is 2.00 bits per heavy atom. The molecule has 0 amide bonds. The highest BCUT2D eigenvalue weighted by Gasteiger charge is 2.68. The first-order valence-electron chi connectivity index (χ1n) is 11.6. The van der Waals surface area contributed by atoms with E-state index in [-0.39, 0.29) is 46.8 Å². The number of alkyl halides is 1. The molecule has 0 bridgehead atoms. The van der Waals surface area contributed by atoms with E-state index < -0.39 is 11.6 Å². The first-order valence-corrected chi connectivity index (χ1v) is 11.6. The van der Waals surface area contributed by atoms with E-state index >= 15 is 4.39 Å². The molecule has 0 radical (unpaired) electrons. The van der Waals surface area contributed by atoms with Gasteiger partial charge in [-0.05, 0) is 68.7 Å². The zero-order valence-corrected chi connectivity index (χ0v) is 18.1. The van der Waals surface area contributed by atoms with Crippen molar-refractivity contribution in [3.63, 3.8) is 0 Å². The number of ketones is 2. The van der Waals surface area contributed by atoms with E-state index in [9.17, 15) is 9.59 Å². The zero-order chi connectivity index (χ0) is 21.3. The molecule has 0 aromatic rings. The molecule has 4 aliphatic carbocycles. The summed E-state index contributed by atoms with van der Waals surface area (Å²) in [5, 5.41) is 7.74. The molecule has 1 N–H and O–H groups in total. The zero-order valence-electron chi connectivity index (χ0n) is 18.1. The van der Waals surface area contributed by atoms with Gasteiger partial charge in [-0.2, -0.15) is 0 Å². The minimum atomic E-state index is -1.67. The van der Waals surface area contributed by atoms with Gasteiger partial charge in [0.1, 0.15) is 11.9 Å². The maximum atomic E-state index is 15.5. The molecule has 6 unspecified atom stereocenters. The van der Waals surface area contributed by atoms with E-state index in [2.05, 4.69) is 24.0 Å². The summed E-state index contributed by atoms with van der Waals surface area (Å²) in [7, 11) is 0. The van der Waals surface area contributed by atoms with Gasteiger partial charge in [0.15, 0.2) is 12.0 Å². The van der Waals surface area contributed by atoms with Crippen molar-refractivity contribution >= 4 is 17.3 Å². The Labute approximate surface area is 177 Å². The molecule has 0 spiro atoms. The molecule has 6 heteroatoms. The standard InChI is InChI=1S/C24H33FN2O3/c1-13-10-16-17-4-5-19(28)24(17,3)22(25)21(29)20(16)23(2)8-6-14(11-18(13)23)27-30-15-7-9-26-12-15/h15-18,20,22,26H,1,4-12H2,2-3H3/b27-14+/t15?,16?,17?,18?,20?,22?,23-,24-/m0/s1. The van der Waals surface area contributed by atoms with Gasteiger partial charge >= 0.3 is 0 Å². The first-order chi connectivity index (χ1) is 14.3. The minimum absolute atomic E-state index is 0.0361. The minimum Gasteiger partial charge on any atom is -0.391 e. The van der Waals surface area contributed by atoms with Gasteiger partial charge in [-0.25, -0.2) is 4.39 Å². The molecule has 0 aromatic heterocycles. The Morgan fingerprint density at radius 1 is 1.20 bits per heavy atom. The van der Waals surface area contributed by atoms with E-state index in [1.807, 2.05) is 0 Å². The van der Waals surface area contributed by atoms with Crippen LogP contribution in [0.1, 0.15) is 58.8 Å². The lowest BCUT2D eigenvalue weighted by atomic mass is 9.43. The number of allylic oxidation sites excluding steroid dienone is 1. The molecule has 4 saturated carbocycles. The second-order valence-corrected chi connectivity index (χ2v) is 10.8. The number of fused-ring (bicyclic) bond motifs is 5. The normalized spacial score (nSPS) is 49.7. The number of rotatable bonds is 2. The van der Waals surface area contributed by atoms with E-state index in [4.69, 9.17) is 4.84 Å². The highest BCUT2D eigenvalue weighted by molar-refractivity contribution is 5.99. The van der Waals surface area contributed by atoms with Crippen molar-refractivity contribution in [2.75, 3.05) is 13.1 Å². The number of carbonyl (C=O) groups is 2. The topological polar surface area (TPSA) is 67.8 Å². The summed E-state index contributed by atoms with van der Waals surface area (Å²) >= 11 is 0. The van der Waals surface area contributed by atoms with E-state index in [1.54, 1.807) is 6.92 Å². The van der Waals surface area contributed by atoms with Crippen molar-refractivity contribution in [3.8, 4) is 0 Å². The fraction of sp³-hybridized carbons (Fsp3) is 0.792. The molecule has 1 saturated heterocycles. The van der Waals surface area contributed by atoms with Crippen molar-refractivity contribution in [3.05, 3.63) is 12.2 Å². The summed E-state index contributed by atoms with van der Waals surface area (Å²) in [6, 6.07) is 0. The summed E-state index contributed by atoms with van der Waals surface area (Å²) < 4.78 is 15.5. The second-order valence-electron chi connectivity index (χ2n) is 10.8. The SMILES string of the molecule is C=C1CC2C(C(=O)C(F)[C@]3(C)C(=O)CCC23)[C@@]2(C)CC/C(=N\OC3CCNC3)CC12. The molecule has 5 fully saturated rings. The van der Waals surface area contributed by atoms with Crippen molar-refractivity contribution < 1.29 is 18.8 Å². The van der Waals surface area contributed by atoms with Crippen LogP contribution >= 0.6 is 0 Å². The Hall–Kier alpha value is -1.56. The number of nitrogens with one attached hydrogen (secondary N) is 1. The summed E-state index contributed by atoms with van der Waals surface area (Å²) in [5.74, 6) is -0.619. The average Bonchev–Trinajstić information content (AvgIpc) is 3.34. The van der Waals surface area contributed by atoms with Gasteiger partial charge in [0.25, 0.3) is 0 Å². The maximum Gasteiger partial charge on any atom is 0.171 e. The lowest BCUT2D eigenvalue weighted by Gasteiger charge is -2.59. The molecule has 5 nitrogen and oxygen atoms in total. The Morgan fingerprint density at radius 3 is 2.73 bits per heavy atom. The van der Waals surface area contributed by atoms with Crippen LogP contribution in [0, 0.1) is 34.5 Å². The number of hydrogen-bond donors (Lipinski definition) is 1. The molecule has 5 aliphatic rings. The number of halogens is 1. The van der Waals surface area contributed by atoms with Crippen molar-refractivity contribution in [2.24, 2.45) is 39.7 Å². The lowest BCUT2D eigenvalue weighted by Crippen LogP contribution is -2.62. The fourth-order valence-corrected chi connectivity index (χ4v) is 7.56. The third kappa shape index (κ3) is 2.71. The van der Waals surface area contributed by atoms with Gasteiger partial charge < -0.3 is 10.2 Å². The number of carbonyl (C=O) groups excluding carboxylic acids is 2. The molecular weight excluding hydrogens is 383 g/mol. The summed E-state index contributed by atoms with van der Waals surface area (Å²) in [4.78, 5) is 31.7. The Balaban J connectivity index is 1.42. The van der Waals surface area contributed by atoms with Crippen LogP contribution in [0.5, 0.6) is 0 Å². The van der Waals surface area contributed by atoms with Crippen LogP contribution in [0.3, 0.4) is 0 Å².